The molecule has 0 aliphatic carbocycles. The normalized spacial score (nSPS) is 12.6. The number of H-pyrrole nitrogens is 1. The molecule has 0 atom stereocenters. The van der Waals surface area contributed by atoms with Gasteiger partial charge >= 0.3 is 11.4 Å². The molecule has 170 valence electrons. The van der Waals surface area contributed by atoms with Crippen LogP contribution >= 0.6 is 0 Å². The number of nitrogens with zero attached hydrogens (tertiary/aromatic N) is 4. The lowest BCUT2D eigenvalue weighted by Gasteiger charge is -2.13. The van der Waals surface area contributed by atoms with E-state index in [0.29, 0.717) is 22.8 Å². The highest BCUT2D eigenvalue weighted by atomic mass is 16.7. The molecule has 4 aromatic rings. The van der Waals surface area contributed by atoms with Gasteiger partial charge in [0.25, 0.3) is 11.1 Å². The summed E-state index contributed by atoms with van der Waals surface area (Å²) < 4.78 is 15.1. The standard InChI is InChI=1S/C21H20N6O6/c1-24-16(22)13(18(28)26(3)20(24)30)12-14-17(25(2)21(31)27(4)19(14)29)23-15(12)9-5-6-10-11(7-9)33-8-32-10/h5-7,23H,8,22H2,1-4H3. The van der Waals surface area contributed by atoms with Crippen molar-refractivity contribution in [2.24, 2.45) is 28.2 Å². The van der Waals surface area contributed by atoms with E-state index >= 15 is 0 Å². The molecule has 1 aromatic carbocycles. The fourth-order valence-electron chi connectivity index (χ4n) is 4.14. The smallest absolute Gasteiger partial charge is 0.332 e. The molecule has 1 aliphatic rings. The molecule has 0 bridgehead atoms. The molecule has 0 radical (unpaired) electrons. The number of nitrogens with one attached hydrogen (secondary N) is 1. The predicted octanol–water partition coefficient (Wildman–Crippen LogP) is -0.392. The lowest BCUT2D eigenvalue weighted by atomic mass is 10.00. The van der Waals surface area contributed by atoms with Crippen molar-refractivity contribution in [3.05, 3.63) is 59.9 Å². The molecule has 5 rings (SSSR count). The minimum absolute atomic E-state index is 0.0331. The first-order valence-corrected chi connectivity index (χ1v) is 9.91. The van der Waals surface area contributed by atoms with Crippen molar-refractivity contribution < 1.29 is 9.47 Å². The zero-order valence-electron chi connectivity index (χ0n) is 18.3. The van der Waals surface area contributed by atoms with Crippen molar-refractivity contribution in [2.45, 2.75) is 0 Å². The third-order valence-electron chi connectivity index (χ3n) is 6.03. The second-order valence-corrected chi connectivity index (χ2v) is 7.84. The maximum Gasteiger partial charge on any atom is 0.332 e. The van der Waals surface area contributed by atoms with Crippen molar-refractivity contribution >= 4 is 16.9 Å². The molecule has 0 saturated heterocycles. The zero-order valence-corrected chi connectivity index (χ0v) is 18.3. The second-order valence-electron chi connectivity index (χ2n) is 7.84. The van der Waals surface area contributed by atoms with E-state index in [1.54, 1.807) is 18.2 Å². The Morgan fingerprint density at radius 2 is 1.45 bits per heavy atom. The minimum Gasteiger partial charge on any atom is -0.454 e. The Labute approximate surface area is 184 Å². The van der Waals surface area contributed by atoms with Crippen LogP contribution in [-0.4, -0.2) is 30.0 Å². The first-order chi connectivity index (χ1) is 15.6. The molecule has 4 heterocycles. The number of hydrogen-bond acceptors (Lipinski definition) is 7. The second kappa shape index (κ2) is 6.76. The summed E-state index contributed by atoms with van der Waals surface area (Å²) in [5.74, 6) is 0.930. The van der Waals surface area contributed by atoms with E-state index in [0.717, 1.165) is 13.7 Å². The number of fused-ring (bicyclic) bond motifs is 2. The van der Waals surface area contributed by atoms with E-state index in [2.05, 4.69) is 4.98 Å². The summed E-state index contributed by atoms with van der Waals surface area (Å²) in [5, 5.41) is 0.0923. The summed E-state index contributed by atoms with van der Waals surface area (Å²) in [4.78, 5) is 54.6. The number of nitrogens with two attached hydrogens (primary N) is 1. The summed E-state index contributed by atoms with van der Waals surface area (Å²) >= 11 is 0. The number of anilines is 1. The van der Waals surface area contributed by atoms with Crippen LogP contribution in [0.2, 0.25) is 0 Å². The predicted molar refractivity (Wildman–Crippen MR) is 121 cm³/mol. The van der Waals surface area contributed by atoms with Crippen LogP contribution in [0.4, 0.5) is 5.82 Å². The van der Waals surface area contributed by atoms with Crippen molar-refractivity contribution in [2.75, 3.05) is 12.5 Å². The number of aromatic nitrogens is 5. The molecule has 0 amide bonds. The Kier molecular flexibility index (Phi) is 4.18. The average Bonchev–Trinajstić information content (AvgIpc) is 3.43. The van der Waals surface area contributed by atoms with Gasteiger partial charge in [0.15, 0.2) is 11.5 Å². The average molecular weight is 452 g/mol. The van der Waals surface area contributed by atoms with Gasteiger partial charge in [-0.15, -0.1) is 0 Å². The largest absolute Gasteiger partial charge is 0.454 e. The summed E-state index contributed by atoms with van der Waals surface area (Å²) in [6.45, 7) is 0.0711. The molecule has 0 fully saturated rings. The summed E-state index contributed by atoms with van der Waals surface area (Å²) in [6, 6.07) is 5.13. The fraction of sp³-hybridized carbons (Fsp3) is 0.238. The van der Waals surface area contributed by atoms with Crippen molar-refractivity contribution in [1.82, 2.24) is 23.3 Å². The number of ether oxygens (including phenoxy) is 2. The van der Waals surface area contributed by atoms with Gasteiger partial charge in [0.1, 0.15) is 11.5 Å². The third-order valence-corrected chi connectivity index (χ3v) is 6.03. The number of benzene rings is 1. The van der Waals surface area contributed by atoms with E-state index in [9.17, 15) is 19.2 Å². The van der Waals surface area contributed by atoms with Gasteiger partial charge in [0.05, 0.1) is 16.6 Å². The summed E-state index contributed by atoms with van der Waals surface area (Å²) in [5.41, 5.74) is 5.11. The number of aryl methyl sites for hydroxylation is 1. The molecule has 0 saturated carbocycles. The third kappa shape index (κ3) is 2.63. The van der Waals surface area contributed by atoms with Crippen LogP contribution in [0, 0.1) is 0 Å². The molecule has 12 nitrogen and oxygen atoms in total. The van der Waals surface area contributed by atoms with Gasteiger partial charge in [-0.05, 0) is 18.2 Å². The SMILES string of the molecule is Cn1c(N)c(-c2c(-c3ccc4c(c3)OCO4)[nH]c3c2c(=O)n(C)c(=O)n3C)c(=O)n(C)c1=O. The lowest BCUT2D eigenvalue weighted by molar-refractivity contribution is 0.174. The van der Waals surface area contributed by atoms with Crippen molar-refractivity contribution in [3.63, 3.8) is 0 Å². The van der Waals surface area contributed by atoms with Gasteiger partial charge in [-0.1, -0.05) is 0 Å². The van der Waals surface area contributed by atoms with Gasteiger partial charge in [-0.3, -0.25) is 27.9 Å². The molecule has 33 heavy (non-hydrogen) atoms. The zero-order chi connectivity index (χ0) is 23.8. The Balaban J connectivity index is 2.02. The molecule has 1 aliphatic heterocycles. The molecule has 12 heteroatoms. The van der Waals surface area contributed by atoms with Crippen LogP contribution in [-0.2, 0) is 28.2 Å². The Bertz CT molecular complexity index is 1730. The number of rotatable bonds is 2. The van der Waals surface area contributed by atoms with Crippen LogP contribution in [0.15, 0.2) is 37.4 Å². The Hall–Kier alpha value is -4.48. The van der Waals surface area contributed by atoms with Crippen LogP contribution in [0.3, 0.4) is 0 Å². The highest BCUT2D eigenvalue weighted by Gasteiger charge is 2.27. The minimum atomic E-state index is -0.672. The van der Waals surface area contributed by atoms with Crippen molar-refractivity contribution in [1.29, 1.82) is 0 Å². The molecular formula is C21H20N6O6. The monoisotopic (exact) mass is 452 g/mol. The van der Waals surface area contributed by atoms with Crippen LogP contribution in [0.1, 0.15) is 0 Å². The van der Waals surface area contributed by atoms with E-state index < -0.39 is 22.5 Å². The number of nitrogen functional groups attached to an aromatic ring is 1. The Morgan fingerprint density at radius 1 is 0.818 bits per heavy atom. The molecule has 0 unspecified atom stereocenters. The number of hydrogen-bond donors (Lipinski definition) is 2. The highest BCUT2D eigenvalue weighted by Crippen LogP contribution is 2.41. The van der Waals surface area contributed by atoms with Crippen LogP contribution in [0.5, 0.6) is 11.5 Å². The van der Waals surface area contributed by atoms with Gasteiger partial charge in [-0.2, -0.15) is 0 Å². The maximum absolute atomic E-state index is 13.3. The molecular weight excluding hydrogens is 432 g/mol. The van der Waals surface area contributed by atoms with E-state index in [1.807, 2.05) is 0 Å². The first kappa shape index (κ1) is 20.4. The van der Waals surface area contributed by atoms with E-state index in [4.69, 9.17) is 15.2 Å². The van der Waals surface area contributed by atoms with Gasteiger partial charge in [0, 0.05) is 39.3 Å². The fourth-order valence-corrected chi connectivity index (χ4v) is 4.14. The lowest BCUT2D eigenvalue weighted by Crippen LogP contribution is -2.39. The summed E-state index contributed by atoms with van der Waals surface area (Å²) in [6.07, 6.45) is 0. The first-order valence-electron chi connectivity index (χ1n) is 9.91. The van der Waals surface area contributed by atoms with Gasteiger partial charge in [-0.25, -0.2) is 9.59 Å². The molecule has 3 N–H and O–H groups in total. The maximum atomic E-state index is 13.3. The topological polar surface area (TPSA) is 148 Å². The number of aromatic amines is 1. The Morgan fingerprint density at radius 3 is 2.18 bits per heavy atom. The van der Waals surface area contributed by atoms with Gasteiger partial charge < -0.3 is 20.2 Å². The highest BCUT2D eigenvalue weighted by molar-refractivity contribution is 6.04. The van der Waals surface area contributed by atoms with E-state index in [-0.39, 0.29) is 34.8 Å². The molecule has 3 aromatic heterocycles. The van der Waals surface area contributed by atoms with Crippen LogP contribution < -0.4 is 37.7 Å². The molecule has 0 spiro atoms. The van der Waals surface area contributed by atoms with Crippen LogP contribution in [0.25, 0.3) is 33.4 Å². The van der Waals surface area contributed by atoms with Crippen molar-refractivity contribution in [3.8, 4) is 33.9 Å². The summed E-state index contributed by atoms with van der Waals surface area (Å²) in [7, 11) is 5.62. The van der Waals surface area contributed by atoms with E-state index in [1.165, 1.54) is 32.8 Å². The van der Waals surface area contributed by atoms with Gasteiger partial charge in [0.2, 0.25) is 6.79 Å². The quantitative estimate of drug-likeness (QED) is 0.421.